The van der Waals surface area contributed by atoms with Crippen LogP contribution in [0, 0.1) is 6.92 Å². The first-order valence-corrected chi connectivity index (χ1v) is 6.09. The fourth-order valence-corrected chi connectivity index (χ4v) is 2.53. The minimum Gasteiger partial charge on any atom is -0.312 e. The summed E-state index contributed by atoms with van der Waals surface area (Å²) >= 11 is 0. The van der Waals surface area contributed by atoms with Crippen LogP contribution in [-0.2, 0) is 13.0 Å². The Balaban J connectivity index is 2.19. The van der Waals surface area contributed by atoms with Gasteiger partial charge in [0.15, 0.2) is 0 Å². The van der Waals surface area contributed by atoms with E-state index in [0.29, 0.717) is 0 Å². The minimum absolute atomic E-state index is 0.983. The normalized spacial score (nSPS) is 14.4. The van der Waals surface area contributed by atoms with Gasteiger partial charge in [0.2, 0.25) is 0 Å². The summed E-state index contributed by atoms with van der Waals surface area (Å²) in [5, 5.41) is 3.43. The van der Waals surface area contributed by atoms with Gasteiger partial charge in [-0.25, -0.2) is 0 Å². The van der Waals surface area contributed by atoms with E-state index in [2.05, 4.69) is 41.5 Å². The van der Waals surface area contributed by atoms with Crippen LogP contribution >= 0.6 is 0 Å². The molecule has 1 N–H and O–H groups in total. The third-order valence-corrected chi connectivity index (χ3v) is 3.29. The van der Waals surface area contributed by atoms with Crippen LogP contribution in [0.2, 0.25) is 0 Å². The van der Waals surface area contributed by atoms with Crippen LogP contribution in [0.4, 0.5) is 0 Å². The van der Waals surface area contributed by atoms with Gasteiger partial charge in [-0.15, -0.1) is 0 Å². The predicted molar refractivity (Wildman–Crippen MR) is 69.8 cm³/mol. The monoisotopic (exact) mass is 224 g/mol. The maximum atomic E-state index is 4.48. The van der Waals surface area contributed by atoms with Crippen LogP contribution < -0.4 is 5.32 Å². The van der Waals surface area contributed by atoms with Gasteiger partial charge in [0, 0.05) is 18.3 Å². The number of aromatic nitrogens is 1. The third kappa shape index (κ3) is 1.96. The molecule has 0 fully saturated rings. The SMILES string of the molecule is Cc1cc2c(c(-c3ccccn3)c1)CCNC2. The van der Waals surface area contributed by atoms with Crippen LogP contribution in [-0.4, -0.2) is 11.5 Å². The molecule has 17 heavy (non-hydrogen) atoms. The zero-order valence-corrected chi connectivity index (χ0v) is 10.0. The molecule has 0 bridgehead atoms. The van der Waals surface area contributed by atoms with Crippen molar-refractivity contribution in [1.82, 2.24) is 10.3 Å². The Morgan fingerprint density at radius 2 is 2.18 bits per heavy atom. The Hall–Kier alpha value is -1.67. The maximum absolute atomic E-state index is 4.48. The number of nitrogens with zero attached hydrogens (tertiary/aromatic N) is 1. The van der Waals surface area contributed by atoms with Crippen LogP contribution in [0.15, 0.2) is 36.5 Å². The highest BCUT2D eigenvalue weighted by Crippen LogP contribution is 2.28. The van der Waals surface area contributed by atoms with E-state index in [1.54, 1.807) is 0 Å². The Bertz CT molecular complexity index is 532. The highest BCUT2D eigenvalue weighted by molar-refractivity contribution is 5.67. The van der Waals surface area contributed by atoms with E-state index in [0.717, 1.165) is 25.2 Å². The fourth-order valence-electron chi connectivity index (χ4n) is 2.53. The van der Waals surface area contributed by atoms with Crippen molar-refractivity contribution in [1.29, 1.82) is 0 Å². The second-order valence-electron chi connectivity index (χ2n) is 4.59. The van der Waals surface area contributed by atoms with Gasteiger partial charge in [0.05, 0.1) is 5.69 Å². The molecule has 1 aliphatic heterocycles. The number of aryl methyl sites for hydroxylation is 1. The van der Waals surface area contributed by atoms with Crippen LogP contribution in [0.25, 0.3) is 11.3 Å². The molecule has 0 radical (unpaired) electrons. The molecular formula is C15H16N2. The van der Waals surface area contributed by atoms with Gasteiger partial charge in [-0.1, -0.05) is 17.7 Å². The third-order valence-electron chi connectivity index (χ3n) is 3.29. The fraction of sp³-hybridized carbons (Fsp3) is 0.267. The van der Waals surface area contributed by atoms with Crippen molar-refractivity contribution < 1.29 is 0 Å². The quantitative estimate of drug-likeness (QED) is 0.805. The van der Waals surface area contributed by atoms with Crippen LogP contribution in [0.3, 0.4) is 0 Å². The van der Waals surface area contributed by atoms with Crippen molar-refractivity contribution in [3.63, 3.8) is 0 Å². The number of rotatable bonds is 1. The summed E-state index contributed by atoms with van der Waals surface area (Å²) in [4.78, 5) is 4.48. The van der Waals surface area contributed by atoms with E-state index >= 15 is 0 Å². The average Bonchev–Trinajstić information content (AvgIpc) is 2.39. The first-order valence-electron chi connectivity index (χ1n) is 6.09. The summed E-state index contributed by atoms with van der Waals surface area (Å²) in [7, 11) is 0. The van der Waals surface area contributed by atoms with E-state index in [4.69, 9.17) is 0 Å². The lowest BCUT2D eigenvalue weighted by atomic mass is 9.91. The topological polar surface area (TPSA) is 24.9 Å². The van der Waals surface area contributed by atoms with Crippen molar-refractivity contribution in [3.8, 4) is 11.3 Å². The summed E-state index contributed by atoms with van der Waals surface area (Å²) in [6.45, 7) is 4.20. The Morgan fingerprint density at radius 1 is 1.24 bits per heavy atom. The van der Waals surface area contributed by atoms with Gasteiger partial charge in [0.25, 0.3) is 0 Å². The Kier molecular flexibility index (Phi) is 2.65. The zero-order valence-electron chi connectivity index (χ0n) is 10.0. The van der Waals surface area contributed by atoms with Gasteiger partial charge in [-0.3, -0.25) is 4.98 Å². The summed E-state index contributed by atoms with van der Waals surface area (Å²) in [6.07, 6.45) is 2.96. The van der Waals surface area contributed by atoms with Gasteiger partial charge in [-0.2, -0.15) is 0 Å². The second kappa shape index (κ2) is 4.30. The smallest absolute Gasteiger partial charge is 0.0704 e. The molecular weight excluding hydrogens is 208 g/mol. The first-order chi connectivity index (χ1) is 8.34. The molecule has 1 aromatic carbocycles. The number of fused-ring (bicyclic) bond motifs is 1. The van der Waals surface area contributed by atoms with Crippen molar-refractivity contribution in [2.75, 3.05) is 6.54 Å². The first kappa shape index (κ1) is 10.5. The minimum atomic E-state index is 0.983. The second-order valence-corrected chi connectivity index (χ2v) is 4.59. The predicted octanol–water partition coefficient (Wildman–Crippen LogP) is 2.70. The molecule has 2 heteroatoms. The summed E-state index contributed by atoms with van der Waals surface area (Å²) in [5.74, 6) is 0. The summed E-state index contributed by atoms with van der Waals surface area (Å²) in [5.41, 5.74) is 6.61. The lowest BCUT2D eigenvalue weighted by Gasteiger charge is -2.21. The van der Waals surface area contributed by atoms with E-state index in [1.807, 2.05) is 12.3 Å². The molecule has 1 aromatic heterocycles. The van der Waals surface area contributed by atoms with Gasteiger partial charge in [0.1, 0.15) is 0 Å². The summed E-state index contributed by atoms with van der Waals surface area (Å²) < 4.78 is 0. The van der Waals surface area contributed by atoms with E-state index in [9.17, 15) is 0 Å². The zero-order chi connectivity index (χ0) is 11.7. The van der Waals surface area contributed by atoms with Gasteiger partial charge < -0.3 is 5.32 Å². The molecule has 0 saturated heterocycles. The number of hydrogen-bond donors (Lipinski definition) is 1. The lowest BCUT2D eigenvalue weighted by Crippen LogP contribution is -2.24. The molecule has 0 amide bonds. The number of pyridine rings is 1. The number of nitrogens with one attached hydrogen (secondary N) is 1. The van der Waals surface area contributed by atoms with Gasteiger partial charge in [-0.05, 0) is 49.2 Å². The highest BCUT2D eigenvalue weighted by atomic mass is 14.9. The van der Waals surface area contributed by atoms with Gasteiger partial charge >= 0.3 is 0 Å². The van der Waals surface area contributed by atoms with E-state index in [-0.39, 0.29) is 0 Å². The lowest BCUT2D eigenvalue weighted by molar-refractivity contribution is 0.644. The Morgan fingerprint density at radius 3 is 3.00 bits per heavy atom. The van der Waals surface area contributed by atoms with Crippen molar-refractivity contribution in [3.05, 3.63) is 53.2 Å². The molecule has 2 nitrogen and oxygen atoms in total. The maximum Gasteiger partial charge on any atom is 0.0704 e. The molecule has 2 heterocycles. The molecule has 0 unspecified atom stereocenters. The summed E-state index contributed by atoms with van der Waals surface area (Å²) in [6, 6.07) is 10.7. The molecule has 2 aromatic rings. The number of benzene rings is 1. The molecule has 1 aliphatic rings. The molecule has 86 valence electrons. The van der Waals surface area contributed by atoms with E-state index < -0.39 is 0 Å². The highest BCUT2D eigenvalue weighted by Gasteiger charge is 2.14. The van der Waals surface area contributed by atoms with Crippen molar-refractivity contribution >= 4 is 0 Å². The van der Waals surface area contributed by atoms with Crippen molar-refractivity contribution in [2.45, 2.75) is 19.9 Å². The Labute approximate surface area is 102 Å². The molecule has 0 atom stereocenters. The molecule has 0 spiro atoms. The largest absolute Gasteiger partial charge is 0.312 e. The van der Waals surface area contributed by atoms with Crippen LogP contribution in [0.1, 0.15) is 16.7 Å². The molecule has 0 saturated carbocycles. The average molecular weight is 224 g/mol. The van der Waals surface area contributed by atoms with Crippen LogP contribution in [0.5, 0.6) is 0 Å². The van der Waals surface area contributed by atoms with Crippen molar-refractivity contribution in [2.24, 2.45) is 0 Å². The standard InChI is InChI=1S/C15H16N2/c1-11-8-12-10-16-7-5-13(12)14(9-11)15-4-2-3-6-17-15/h2-4,6,8-9,16H,5,7,10H2,1H3. The molecule has 3 rings (SSSR count). The number of hydrogen-bond acceptors (Lipinski definition) is 2. The molecule has 0 aliphatic carbocycles. The van der Waals surface area contributed by atoms with E-state index in [1.165, 1.54) is 22.3 Å².